The molecular formula is C31H46O5. The van der Waals surface area contributed by atoms with Gasteiger partial charge in [0.2, 0.25) is 0 Å². The van der Waals surface area contributed by atoms with Gasteiger partial charge in [0.05, 0.1) is 18.6 Å². The van der Waals surface area contributed by atoms with Crippen molar-refractivity contribution in [2.75, 3.05) is 7.11 Å². The zero-order valence-electron chi connectivity index (χ0n) is 23.6. The van der Waals surface area contributed by atoms with Gasteiger partial charge in [-0.25, -0.2) is 0 Å². The lowest BCUT2D eigenvalue weighted by Gasteiger charge is -2.70. The molecule has 5 aliphatic carbocycles. The van der Waals surface area contributed by atoms with Crippen molar-refractivity contribution in [3.8, 4) is 0 Å². The van der Waals surface area contributed by atoms with Gasteiger partial charge >= 0.3 is 5.97 Å². The second-order valence-corrected chi connectivity index (χ2v) is 15.1. The Kier molecular flexibility index (Phi) is 5.48. The molecule has 200 valence electrons. The summed E-state index contributed by atoms with van der Waals surface area (Å²) >= 11 is 0. The van der Waals surface area contributed by atoms with Gasteiger partial charge in [0.25, 0.3) is 0 Å². The molecule has 0 spiro atoms. The molecule has 0 aliphatic heterocycles. The molecule has 5 heteroatoms. The zero-order valence-corrected chi connectivity index (χ0v) is 23.6. The van der Waals surface area contributed by atoms with Gasteiger partial charge in [-0.05, 0) is 78.6 Å². The zero-order chi connectivity index (χ0) is 26.7. The molecule has 1 N–H and O–H groups in total. The standard InChI is InChI=1S/C31H46O5/c1-26(2)11-13-31(25(35)36-8)14-12-29(6)23(18(31)16-26)19(32)15-21-28(5)10-9-22(34)27(3,4)24(28)20(33)17-30(21,29)7/h15,18,20,23-24,33H,9-14,16-17H2,1-8H3/t18-,20+,23-,24-,28+,29+,30+,31-/m0/s1. The van der Waals surface area contributed by atoms with Crippen LogP contribution in [-0.2, 0) is 19.1 Å². The minimum atomic E-state index is -0.630. The molecule has 0 aromatic heterocycles. The van der Waals surface area contributed by atoms with E-state index in [0.717, 1.165) is 37.7 Å². The monoisotopic (exact) mass is 498 g/mol. The van der Waals surface area contributed by atoms with Crippen LogP contribution < -0.4 is 0 Å². The first-order valence-electron chi connectivity index (χ1n) is 14.1. The summed E-state index contributed by atoms with van der Waals surface area (Å²) in [5.74, 6) is -0.340. The fourth-order valence-electron chi connectivity index (χ4n) is 10.6. The molecule has 0 bridgehead atoms. The molecule has 4 fully saturated rings. The number of allylic oxidation sites excluding steroid dienone is 2. The molecule has 0 saturated heterocycles. The van der Waals surface area contributed by atoms with Crippen molar-refractivity contribution < 1.29 is 24.2 Å². The quantitative estimate of drug-likeness (QED) is 0.471. The highest BCUT2D eigenvalue weighted by atomic mass is 16.5. The first-order valence-corrected chi connectivity index (χ1v) is 14.1. The van der Waals surface area contributed by atoms with Crippen LogP contribution in [0.4, 0.5) is 0 Å². The van der Waals surface area contributed by atoms with Crippen molar-refractivity contribution in [3.63, 3.8) is 0 Å². The van der Waals surface area contributed by atoms with Crippen molar-refractivity contribution in [2.24, 2.45) is 50.2 Å². The lowest BCUT2D eigenvalue weighted by molar-refractivity contribution is -0.201. The molecule has 0 amide bonds. The highest BCUT2D eigenvalue weighted by Crippen LogP contribution is 2.74. The molecule has 0 heterocycles. The SMILES string of the molecule is COC(=O)[C@]12CCC(C)(C)C[C@H]1[C@H]1C(=O)C=C3[C@@]4(C)CCC(=O)C(C)(C)[C@@H]4[C@H](O)C[C@@]3(C)[C@]1(C)CC2. The average Bonchev–Trinajstić information content (AvgIpc) is 2.77. The van der Waals surface area contributed by atoms with Gasteiger partial charge in [0.15, 0.2) is 5.78 Å². The summed E-state index contributed by atoms with van der Waals surface area (Å²) in [5, 5.41) is 11.8. The Morgan fingerprint density at radius 3 is 2.22 bits per heavy atom. The molecule has 0 aromatic carbocycles. The molecule has 36 heavy (non-hydrogen) atoms. The number of hydrogen-bond acceptors (Lipinski definition) is 5. The summed E-state index contributed by atoms with van der Waals surface area (Å²) in [6, 6.07) is 0. The first-order chi connectivity index (χ1) is 16.5. The molecular weight excluding hydrogens is 452 g/mol. The number of ether oxygens (including phenoxy) is 1. The summed E-state index contributed by atoms with van der Waals surface area (Å²) in [6.45, 7) is 15.2. The van der Waals surface area contributed by atoms with Crippen molar-refractivity contribution in [1.29, 1.82) is 0 Å². The van der Waals surface area contributed by atoms with Crippen LogP contribution in [0, 0.1) is 50.2 Å². The van der Waals surface area contributed by atoms with E-state index in [-0.39, 0.29) is 51.5 Å². The predicted octanol–water partition coefficient (Wildman–Crippen LogP) is 5.68. The van der Waals surface area contributed by atoms with E-state index in [9.17, 15) is 19.5 Å². The molecule has 5 nitrogen and oxygen atoms in total. The number of carbonyl (C=O) groups is 3. The largest absolute Gasteiger partial charge is 0.469 e. The third kappa shape index (κ3) is 3.01. The summed E-state index contributed by atoms with van der Waals surface area (Å²) in [6.07, 6.45) is 7.06. The van der Waals surface area contributed by atoms with Crippen molar-refractivity contribution in [1.82, 2.24) is 0 Å². The number of aliphatic hydroxyl groups is 1. The minimum absolute atomic E-state index is 0.0581. The van der Waals surface area contributed by atoms with Crippen LogP contribution in [-0.4, -0.2) is 35.9 Å². The van der Waals surface area contributed by atoms with E-state index < -0.39 is 22.3 Å². The Balaban J connectivity index is 1.68. The van der Waals surface area contributed by atoms with Crippen molar-refractivity contribution in [2.45, 2.75) is 106 Å². The average molecular weight is 499 g/mol. The van der Waals surface area contributed by atoms with E-state index in [2.05, 4.69) is 34.6 Å². The lowest BCUT2D eigenvalue weighted by atomic mass is 9.33. The molecule has 0 radical (unpaired) electrons. The second kappa shape index (κ2) is 7.55. The third-order valence-corrected chi connectivity index (χ3v) is 12.6. The Morgan fingerprint density at radius 2 is 1.58 bits per heavy atom. The maximum atomic E-state index is 14.3. The van der Waals surface area contributed by atoms with Crippen LogP contribution in [0.15, 0.2) is 11.6 Å². The van der Waals surface area contributed by atoms with Gasteiger partial charge in [-0.2, -0.15) is 0 Å². The highest BCUT2D eigenvalue weighted by Gasteiger charge is 2.72. The van der Waals surface area contributed by atoms with Crippen LogP contribution >= 0.6 is 0 Å². The van der Waals surface area contributed by atoms with Gasteiger partial charge in [-0.1, -0.05) is 54.0 Å². The maximum absolute atomic E-state index is 14.3. The van der Waals surface area contributed by atoms with Gasteiger partial charge in [0.1, 0.15) is 5.78 Å². The van der Waals surface area contributed by atoms with E-state index in [1.165, 1.54) is 7.11 Å². The van der Waals surface area contributed by atoms with Crippen LogP contribution in [0.5, 0.6) is 0 Å². The number of esters is 1. The van der Waals surface area contributed by atoms with E-state index in [0.29, 0.717) is 19.3 Å². The van der Waals surface area contributed by atoms with Gasteiger partial charge in [0, 0.05) is 23.7 Å². The number of rotatable bonds is 1. The molecule has 0 aromatic rings. The normalized spacial score (nSPS) is 49.1. The van der Waals surface area contributed by atoms with Crippen LogP contribution in [0.3, 0.4) is 0 Å². The topological polar surface area (TPSA) is 80.7 Å². The highest BCUT2D eigenvalue weighted by molar-refractivity contribution is 5.96. The van der Waals surface area contributed by atoms with Crippen LogP contribution in [0.25, 0.3) is 0 Å². The van der Waals surface area contributed by atoms with Crippen molar-refractivity contribution >= 4 is 17.5 Å². The molecule has 4 saturated carbocycles. The number of aliphatic hydroxyl groups excluding tert-OH is 1. The lowest BCUT2D eigenvalue weighted by Crippen LogP contribution is -2.68. The van der Waals surface area contributed by atoms with Gasteiger partial charge in [-0.3, -0.25) is 14.4 Å². The second-order valence-electron chi connectivity index (χ2n) is 15.1. The fraction of sp³-hybridized carbons (Fsp3) is 0.839. The smallest absolute Gasteiger partial charge is 0.312 e. The Labute approximate surface area is 216 Å². The van der Waals surface area contributed by atoms with Gasteiger partial charge in [-0.15, -0.1) is 0 Å². The molecule has 8 atom stereocenters. The Bertz CT molecular complexity index is 1050. The number of Topliss-reactive ketones (excluding diaryl/α,β-unsaturated/α-hetero) is 1. The summed E-state index contributed by atoms with van der Waals surface area (Å²) in [7, 11) is 1.48. The molecule has 5 rings (SSSR count). The first kappa shape index (κ1) is 26.1. The van der Waals surface area contributed by atoms with E-state index in [1.54, 1.807) is 0 Å². The van der Waals surface area contributed by atoms with Crippen LogP contribution in [0.2, 0.25) is 0 Å². The number of carbonyl (C=O) groups excluding carboxylic acids is 3. The van der Waals surface area contributed by atoms with E-state index in [1.807, 2.05) is 19.9 Å². The van der Waals surface area contributed by atoms with Crippen molar-refractivity contribution in [3.05, 3.63) is 11.6 Å². The Hall–Kier alpha value is -1.49. The van der Waals surface area contributed by atoms with Gasteiger partial charge < -0.3 is 9.84 Å². The fourth-order valence-corrected chi connectivity index (χ4v) is 10.6. The summed E-state index contributed by atoms with van der Waals surface area (Å²) in [4.78, 5) is 40.6. The summed E-state index contributed by atoms with van der Waals surface area (Å²) in [5.41, 5.74) is -1.19. The number of fused-ring (bicyclic) bond motifs is 7. The Morgan fingerprint density at radius 1 is 0.944 bits per heavy atom. The van der Waals surface area contributed by atoms with E-state index in [4.69, 9.17) is 4.74 Å². The number of methoxy groups -OCH3 is 1. The number of ketones is 2. The number of hydrogen-bond donors (Lipinski definition) is 1. The maximum Gasteiger partial charge on any atom is 0.312 e. The third-order valence-electron chi connectivity index (χ3n) is 12.6. The van der Waals surface area contributed by atoms with Crippen LogP contribution in [0.1, 0.15) is 99.8 Å². The summed E-state index contributed by atoms with van der Waals surface area (Å²) < 4.78 is 5.40. The molecule has 0 unspecified atom stereocenters. The minimum Gasteiger partial charge on any atom is -0.469 e. The molecule has 5 aliphatic rings. The predicted molar refractivity (Wildman–Crippen MR) is 138 cm³/mol. The van der Waals surface area contributed by atoms with E-state index >= 15 is 0 Å².